The second-order valence-electron chi connectivity index (χ2n) is 4.69. The summed E-state index contributed by atoms with van der Waals surface area (Å²) in [7, 11) is 1.97. The van der Waals surface area contributed by atoms with Crippen molar-refractivity contribution < 1.29 is 0 Å². The van der Waals surface area contributed by atoms with Crippen molar-refractivity contribution in [1.29, 1.82) is 0 Å². The van der Waals surface area contributed by atoms with Crippen LogP contribution in [0.5, 0.6) is 0 Å². The number of rotatable bonds is 4. The van der Waals surface area contributed by atoms with E-state index in [1.54, 1.807) is 6.20 Å². The predicted molar refractivity (Wildman–Crippen MR) is 72.3 cm³/mol. The van der Waals surface area contributed by atoms with Crippen LogP contribution < -0.4 is 11.1 Å². The summed E-state index contributed by atoms with van der Waals surface area (Å²) in [5.41, 5.74) is 7.60. The fourth-order valence-electron chi connectivity index (χ4n) is 1.84. The molecule has 0 bridgehead atoms. The van der Waals surface area contributed by atoms with E-state index in [-0.39, 0.29) is 6.04 Å². The van der Waals surface area contributed by atoms with E-state index in [1.165, 1.54) is 0 Å². The van der Waals surface area contributed by atoms with Gasteiger partial charge >= 0.3 is 0 Å². The summed E-state index contributed by atoms with van der Waals surface area (Å²) in [6.45, 7) is 6.71. The standard InChI is InChI=1S/C12H20N6/c1-8(2)18-12(11(13)9(3)16-18)15-7-10-14-5-6-17(10)4/h5-6,8,15H,7,13H2,1-4H3. The van der Waals surface area contributed by atoms with Crippen molar-refractivity contribution in [1.82, 2.24) is 19.3 Å². The van der Waals surface area contributed by atoms with Crippen molar-refractivity contribution >= 4 is 11.5 Å². The number of nitrogen functional groups attached to an aromatic ring is 1. The molecule has 0 saturated heterocycles. The van der Waals surface area contributed by atoms with Gasteiger partial charge < -0.3 is 15.6 Å². The van der Waals surface area contributed by atoms with Crippen LogP contribution in [0.1, 0.15) is 31.4 Å². The highest BCUT2D eigenvalue weighted by Gasteiger charge is 2.14. The summed E-state index contributed by atoms with van der Waals surface area (Å²) >= 11 is 0. The zero-order valence-corrected chi connectivity index (χ0v) is 11.3. The molecular weight excluding hydrogens is 228 g/mol. The van der Waals surface area contributed by atoms with Crippen LogP contribution in [0.3, 0.4) is 0 Å². The Kier molecular flexibility index (Phi) is 3.27. The zero-order chi connectivity index (χ0) is 13.3. The number of nitrogens with two attached hydrogens (primary N) is 1. The zero-order valence-electron chi connectivity index (χ0n) is 11.3. The van der Waals surface area contributed by atoms with Crippen molar-refractivity contribution in [3.05, 3.63) is 23.9 Å². The molecule has 0 saturated carbocycles. The highest BCUT2D eigenvalue weighted by molar-refractivity contribution is 5.64. The molecular formula is C12H20N6. The molecule has 3 N–H and O–H groups in total. The molecule has 0 aromatic carbocycles. The third kappa shape index (κ3) is 2.18. The smallest absolute Gasteiger partial charge is 0.148 e. The molecule has 0 aliphatic heterocycles. The molecule has 0 unspecified atom stereocenters. The second-order valence-corrected chi connectivity index (χ2v) is 4.69. The monoisotopic (exact) mass is 248 g/mol. The third-order valence-electron chi connectivity index (χ3n) is 2.96. The average molecular weight is 248 g/mol. The van der Waals surface area contributed by atoms with Gasteiger partial charge in [-0.1, -0.05) is 0 Å². The molecule has 2 aromatic heterocycles. The molecule has 0 aliphatic rings. The van der Waals surface area contributed by atoms with Crippen LogP contribution in [0.4, 0.5) is 11.5 Å². The largest absolute Gasteiger partial charge is 0.394 e. The van der Waals surface area contributed by atoms with Gasteiger partial charge in [0.15, 0.2) is 0 Å². The molecule has 2 heterocycles. The molecule has 6 heteroatoms. The van der Waals surface area contributed by atoms with Crippen LogP contribution in [0.25, 0.3) is 0 Å². The van der Waals surface area contributed by atoms with Gasteiger partial charge in [-0.3, -0.25) is 0 Å². The molecule has 0 radical (unpaired) electrons. The molecule has 2 aromatic rings. The van der Waals surface area contributed by atoms with Crippen LogP contribution in [0, 0.1) is 6.92 Å². The number of nitrogens with zero attached hydrogens (tertiary/aromatic N) is 4. The molecule has 2 rings (SSSR count). The maximum Gasteiger partial charge on any atom is 0.148 e. The highest BCUT2D eigenvalue weighted by atomic mass is 15.4. The number of hydrogen-bond donors (Lipinski definition) is 2. The molecule has 0 amide bonds. The lowest BCUT2D eigenvalue weighted by Gasteiger charge is -2.13. The summed E-state index contributed by atoms with van der Waals surface area (Å²) in [5.74, 6) is 1.83. The Bertz CT molecular complexity index is 537. The Hall–Kier alpha value is -1.98. The summed E-state index contributed by atoms with van der Waals surface area (Å²) in [6, 6.07) is 0.268. The van der Waals surface area contributed by atoms with Crippen LogP contribution >= 0.6 is 0 Å². The Labute approximate surface area is 107 Å². The minimum absolute atomic E-state index is 0.268. The molecule has 0 atom stereocenters. The van der Waals surface area contributed by atoms with E-state index in [1.807, 2.05) is 29.4 Å². The number of aryl methyl sites for hydroxylation is 2. The van der Waals surface area contributed by atoms with Gasteiger partial charge in [-0.05, 0) is 20.8 Å². The lowest BCUT2D eigenvalue weighted by atomic mass is 10.3. The minimum Gasteiger partial charge on any atom is -0.394 e. The maximum absolute atomic E-state index is 6.05. The number of aromatic nitrogens is 4. The summed E-state index contributed by atoms with van der Waals surface area (Å²) < 4.78 is 3.89. The van der Waals surface area contributed by atoms with E-state index in [9.17, 15) is 0 Å². The fraction of sp³-hybridized carbons (Fsp3) is 0.500. The Morgan fingerprint density at radius 2 is 2.17 bits per heavy atom. The molecule has 0 spiro atoms. The summed E-state index contributed by atoms with van der Waals surface area (Å²) in [4.78, 5) is 4.27. The normalized spacial score (nSPS) is 11.2. The van der Waals surface area contributed by atoms with Gasteiger partial charge in [0.2, 0.25) is 0 Å². The van der Waals surface area contributed by atoms with Crippen molar-refractivity contribution in [3.63, 3.8) is 0 Å². The molecule has 0 aliphatic carbocycles. The van der Waals surface area contributed by atoms with Crippen molar-refractivity contribution in [3.8, 4) is 0 Å². The first-order chi connectivity index (χ1) is 8.50. The summed E-state index contributed by atoms with van der Waals surface area (Å²) in [5, 5.41) is 7.75. The number of imidazole rings is 1. The van der Waals surface area contributed by atoms with Gasteiger partial charge in [-0.15, -0.1) is 0 Å². The molecule has 18 heavy (non-hydrogen) atoms. The van der Waals surface area contributed by atoms with Crippen molar-refractivity contribution in [2.24, 2.45) is 7.05 Å². The molecule has 0 fully saturated rings. The minimum atomic E-state index is 0.268. The van der Waals surface area contributed by atoms with Gasteiger partial charge in [0.25, 0.3) is 0 Å². The fourth-order valence-corrected chi connectivity index (χ4v) is 1.84. The number of nitrogens with one attached hydrogen (secondary N) is 1. The van der Waals surface area contributed by atoms with E-state index in [0.29, 0.717) is 12.2 Å². The Balaban J connectivity index is 2.21. The van der Waals surface area contributed by atoms with Crippen LogP contribution in [-0.4, -0.2) is 19.3 Å². The lowest BCUT2D eigenvalue weighted by molar-refractivity contribution is 0.533. The van der Waals surface area contributed by atoms with E-state index in [0.717, 1.165) is 17.3 Å². The van der Waals surface area contributed by atoms with Crippen LogP contribution in [0.15, 0.2) is 12.4 Å². The SMILES string of the molecule is Cc1nn(C(C)C)c(NCc2nccn2C)c1N. The van der Waals surface area contributed by atoms with Crippen molar-refractivity contribution in [2.45, 2.75) is 33.4 Å². The van der Waals surface area contributed by atoms with E-state index in [2.05, 4.69) is 29.2 Å². The number of hydrogen-bond acceptors (Lipinski definition) is 4. The first-order valence-electron chi connectivity index (χ1n) is 6.05. The van der Waals surface area contributed by atoms with Crippen LogP contribution in [-0.2, 0) is 13.6 Å². The van der Waals surface area contributed by atoms with Gasteiger partial charge in [0.1, 0.15) is 11.6 Å². The van der Waals surface area contributed by atoms with Gasteiger partial charge in [-0.2, -0.15) is 5.10 Å². The molecule has 6 nitrogen and oxygen atoms in total. The number of anilines is 2. The summed E-state index contributed by atoms with van der Waals surface area (Å²) in [6.07, 6.45) is 3.71. The van der Waals surface area contributed by atoms with Crippen LogP contribution in [0.2, 0.25) is 0 Å². The first kappa shape index (κ1) is 12.5. The predicted octanol–water partition coefficient (Wildman–Crippen LogP) is 1.70. The maximum atomic E-state index is 6.05. The highest BCUT2D eigenvalue weighted by Crippen LogP contribution is 2.25. The van der Waals surface area contributed by atoms with Crippen molar-refractivity contribution in [2.75, 3.05) is 11.1 Å². The molecule has 98 valence electrons. The van der Waals surface area contributed by atoms with E-state index in [4.69, 9.17) is 5.73 Å². The Morgan fingerprint density at radius 1 is 1.44 bits per heavy atom. The van der Waals surface area contributed by atoms with E-state index >= 15 is 0 Å². The Morgan fingerprint density at radius 3 is 2.72 bits per heavy atom. The second kappa shape index (κ2) is 4.72. The van der Waals surface area contributed by atoms with Gasteiger partial charge in [0, 0.05) is 25.5 Å². The lowest BCUT2D eigenvalue weighted by Crippen LogP contribution is -2.12. The van der Waals surface area contributed by atoms with E-state index < -0.39 is 0 Å². The average Bonchev–Trinajstić information content (AvgIpc) is 2.83. The van der Waals surface area contributed by atoms with Gasteiger partial charge in [-0.25, -0.2) is 9.67 Å². The quantitative estimate of drug-likeness (QED) is 0.863. The third-order valence-corrected chi connectivity index (χ3v) is 2.96. The topological polar surface area (TPSA) is 73.7 Å². The first-order valence-corrected chi connectivity index (χ1v) is 6.05. The van der Waals surface area contributed by atoms with Gasteiger partial charge in [0.05, 0.1) is 17.9 Å².